The van der Waals surface area contributed by atoms with Gasteiger partial charge in [0.1, 0.15) is 11.4 Å². The molecule has 1 atom stereocenters. The SMILES string of the molecule is NC(CCCCCCOc1ccc2c(-c3ccc(Br)cc3)noc2c1)C1CC1. The van der Waals surface area contributed by atoms with Crippen molar-refractivity contribution in [3.8, 4) is 17.0 Å². The number of hydrogen-bond acceptors (Lipinski definition) is 4. The molecule has 5 heteroatoms. The number of unbranched alkanes of at least 4 members (excludes halogenated alkanes) is 3. The van der Waals surface area contributed by atoms with Gasteiger partial charge in [-0.3, -0.25) is 0 Å². The van der Waals surface area contributed by atoms with Crippen LogP contribution in [0.15, 0.2) is 51.5 Å². The van der Waals surface area contributed by atoms with Crippen LogP contribution in [0.2, 0.25) is 0 Å². The standard InChI is InChI=1S/C23H27BrN2O2/c24-18-10-8-17(9-11-18)23-20-13-12-19(15-22(20)28-26-23)27-14-4-2-1-3-5-21(25)16-6-7-16/h8-13,15-16,21H,1-7,14,25H2. The molecule has 1 heterocycles. The second kappa shape index (κ2) is 9.10. The van der Waals surface area contributed by atoms with Crippen molar-refractivity contribution in [3.63, 3.8) is 0 Å². The van der Waals surface area contributed by atoms with E-state index in [4.69, 9.17) is 15.0 Å². The zero-order chi connectivity index (χ0) is 19.3. The Balaban J connectivity index is 1.24. The number of halogens is 1. The minimum absolute atomic E-state index is 0.437. The molecule has 2 aromatic carbocycles. The molecule has 2 N–H and O–H groups in total. The van der Waals surface area contributed by atoms with Crippen LogP contribution in [-0.2, 0) is 0 Å². The van der Waals surface area contributed by atoms with E-state index in [0.717, 1.165) is 51.4 Å². The molecule has 0 saturated heterocycles. The van der Waals surface area contributed by atoms with Crippen LogP contribution in [0.4, 0.5) is 0 Å². The monoisotopic (exact) mass is 442 g/mol. The highest BCUT2D eigenvalue weighted by atomic mass is 79.9. The Labute approximate surface area is 174 Å². The Morgan fingerprint density at radius 2 is 1.86 bits per heavy atom. The highest BCUT2D eigenvalue weighted by Crippen LogP contribution is 2.33. The van der Waals surface area contributed by atoms with Crippen molar-refractivity contribution in [1.29, 1.82) is 0 Å². The van der Waals surface area contributed by atoms with Gasteiger partial charge in [0.25, 0.3) is 0 Å². The maximum Gasteiger partial charge on any atom is 0.171 e. The number of nitrogens with zero attached hydrogens (tertiary/aromatic N) is 1. The summed E-state index contributed by atoms with van der Waals surface area (Å²) in [4.78, 5) is 0. The summed E-state index contributed by atoms with van der Waals surface area (Å²) in [5.74, 6) is 1.65. The minimum Gasteiger partial charge on any atom is -0.493 e. The third kappa shape index (κ3) is 4.95. The molecule has 1 aliphatic rings. The summed E-state index contributed by atoms with van der Waals surface area (Å²) in [7, 11) is 0. The number of fused-ring (bicyclic) bond motifs is 1. The van der Waals surface area contributed by atoms with Crippen LogP contribution in [0.5, 0.6) is 5.75 Å². The van der Waals surface area contributed by atoms with Crippen LogP contribution < -0.4 is 10.5 Å². The normalized spacial score (nSPS) is 15.1. The molecule has 1 aromatic heterocycles. The molecule has 1 saturated carbocycles. The highest BCUT2D eigenvalue weighted by Gasteiger charge is 2.27. The number of aromatic nitrogens is 1. The average molecular weight is 443 g/mol. The van der Waals surface area contributed by atoms with E-state index in [0.29, 0.717) is 6.04 Å². The first-order chi connectivity index (χ1) is 13.7. The fourth-order valence-electron chi connectivity index (χ4n) is 3.61. The molecular weight excluding hydrogens is 416 g/mol. The van der Waals surface area contributed by atoms with E-state index in [9.17, 15) is 0 Å². The van der Waals surface area contributed by atoms with E-state index in [-0.39, 0.29) is 0 Å². The molecule has 0 spiro atoms. The summed E-state index contributed by atoms with van der Waals surface area (Å²) in [5.41, 5.74) is 8.80. The van der Waals surface area contributed by atoms with E-state index >= 15 is 0 Å². The van der Waals surface area contributed by atoms with Crippen molar-refractivity contribution in [2.24, 2.45) is 11.7 Å². The van der Waals surface area contributed by atoms with Crippen LogP contribution in [-0.4, -0.2) is 17.8 Å². The number of ether oxygens (including phenoxy) is 1. The third-order valence-electron chi connectivity index (χ3n) is 5.49. The second-order valence-corrected chi connectivity index (χ2v) is 8.66. The zero-order valence-corrected chi connectivity index (χ0v) is 17.7. The molecule has 1 aliphatic carbocycles. The van der Waals surface area contributed by atoms with Gasteiger partial charge in [-0.05, 0) is 55.9 Å². The number of rotatable bonds is 10. The van der Waals surface area contributed by atoms with Gasteiger partial charge in [-0.2, -0.15) is 0 Å². The summed E-state index contributed by atoms with van der Waals surface area (Å²) in [6.45, 7) is 0.730. The number of nitrogens with two attached hydrogens (primary N) is 1. The van der Waals surface area contributed by atoms with Gasteiger partial charge in [0.15, 0.2) is 5.58 Å². The minimum atomic E-state index is 0.437. The van der Waals surface area contributed by atoms with Crippen molar-refractivity contribution >= 4 is 26.9 Å². The lowest BCUT2D eigenvalue weighted by Gasteiger charge is -2.09. The van der Waals surface area contributed by atoms with Crippen LogP contribution in [0.3, 0.4) is 0 Å². The molecule has 1 unspecified atom stereocenters. The van der Waals surface area contributed by atoms with Gasteiger partial charge in [-0.15, -0.1) is 0 Å². The molecule has 0 bridgehead atoms. The molecule has 0 amide bonds. The van der Waals surface area contributed by atoms with Gasteiger partial charge in [0, 0.05) is 27.5 Å². The Kier molecular flexibility index (Phi) is 6.33. The Morgan fingerprint density at radius 3 is 2.64 bits per heavy atom. The zero-order valence-electron chi connectivity index (χ0n) is 16.1. The van der Waals surface area contributed by atoms with Crippen LogP contribution in [0.1, 0.15) is 44.9 Å². The van der Waals surface area contributed by atoms with Gasteiger partial charge < -0.3 is 15.0 Å². The smallest absolute Gasteiger partial charge is 0.171 e. The van der Waals surface area contributed by atoms with Crippen LogP contribution in [0.25, 0.3) is 22.2 Å². The summed E-state index contributed by atoms with van der Waals surface area (Å²) in [6, 6.07) is 14.5. The van der Waals surface area contributed by atoms with Crippen molar-refractivity contribution in [2.45, 2.75) is 51.0 Å². The fourth-order valence-corrected chi connectivity index (χ4v) is 3.87. The summed E-state index contributed by atoms with van der Waals surface area (Å²) in [5, 5.41) is 5.24. The summed E-state index contributed by atoms with van der Waals surface area (Å²) in [6.07, 6.45) is 8.59. The van der Waals surface area contributed by atoms with Crippen molar-refractivity contribution in [3.05, 3.63) is 46.9 Å². The Hall–Kier alpha value is -1.85. The largest absolute Gasteiger partial charge is 0.493 e. The van der Waals surface area contributed by atoms with Gasteiger partial charge in [-0.25, -0.2) is 0 Å². The molecule has 3 aromatic rings. The first kappa shape index (κ1) is 19.5. The summed E-state index contributed by atoms with van der Waals surface area (Å²) < 4.78 is 12.5. The van der Waals surface area contributed by atoms with Gasteiger partial charge >= 0.3 is 0 Å². The number of benzene rings is 2. The van der Waals surface area contributed by atoms with E-state index < -0.39 is 0 Å². The van der Waals surface area contributed by atoms with Crippen molar-refractivity contribution < 1.29 is 9.26 Å². The first-order valence-electron chi connectivity index (χ1n) is 10.2. The Bertz CT molecular complexity index is 903. The predicted molar refractivity (Wildman–Crippen MR) is 116 cm³/mol. The lowest BCUT2D eigenvalue weighted by Crippen LogP contribution is -2.21. The second-order valence-electron chi connectivity index (χ2n) is 7.75. The van der Waals surface area contributed by atoms with E-state index in [1.807, 2.05) is 42.5 Å². The third-order valence-corrected chi connectivity index (χ3v) is 6.02. The van der Waals surface area contributed by atoms with E-state index in [2.05, 4.69) is 21.1 Å². The topological polar surface area (TPSA) is 61.3 Å². The van der Waals surface area contributed by atoms with E-state index in [1.165, 1.54) is 38.5 Å². The van der Waals surface area contributed by atoms with Crippen LogP contribution >= 0.6 is 15.9 Å². The molecule has 1 fully saturated rings. The maximum atomic E-state index is 6.15. The average Bonchev–Trinajstić information content (AvgIpc) is 3.48. The van der Waals surface area contributed by atoms with Crippen molar-refractivity contribution in [2.75, 3.05) is 6.61 Å². The molecule has 0 radical (unpaired) electrons. The quantitative estimate of drug-likeness (QED) is 0.372. The summed E-state index contributed by atoms with van der Waals surface area (Å²) >= 11 is 3.46. The lowest BCUT2D eigenvalue weighted by atomic mass is 10.0. The lowest BCUT2D eigenvalue weighted by molar-refractivity contribution is 0.303. The predicted octanol–water partition coefficient (Wildman–Crippen LogP) is 6.32. The first-order valence-corrected chi connectivity index (χ1v) is 11.0. The Morgan fingerprint density at radius 1 is 1.07 bits per heavy atom. The van der Waals surface area contributed by atoms with Gasteiger partial charge in [-0.1, -0.05) is 52.5 Å². The van der Waals surface area contributed by atoms with Crippen molar-refractivity contribution in [1.82, 2.24) is 5.16 Å². The van der Waals surface area contributed by atoms with Crippen LogP contribution in [0, 0.1) is 5.92 Å². The fraction of sp³-hybridized carbons (Fsp3) is 0.435. The van der Waals surface area contributed by atoms with Gasteiger partial charge in [0.05, 0.1) is 6.61 Å². The van der Waals surface area contributed by atoms with Gasteiger partial charge in [0.2, 0.25) is 0 Å². The van der Waals surface area contributed by atoms with E-state index in [1.54, 1.807) is 0 Å². The molecule has 0 aliphatic heterocycles. The highest BCUT2D eigenvalue weighted by molar-refractivity contribution is 9.10. The molecule has 148 valence electrons. The maximum absolute atomic E-state index is 6.15. The molecule has 4 rings (SSSR count). The molecule has 28 heavy (non-hydrogen) atoms. The molecular formula is C23H27BrN2O2. The molecule has 4 nitrogen and oxygen atoms in total. The number of hydrogen-bond donors (Lipinski definition) is 1.